The predicted molar refractivity (Wildman–Crippen MR) is 166 cm³/mol. The average molecular weight is 607 g/mol. The van der Waals surface area contributed by atoms with Crippen molar-refractivity contribution in [3.63, 3.8) is 0 Å². The maximum Gasteiger partial charge on any atom is 0.410 e. The number of anilines is 2. The summed E-state index contributed by atoms with van der Waals surface area (Å²) in [6.45, 7) is 13.1. The van der Waals surface area contributed by atoms with Crippen molar-refractivity contribution in [3.05, 3.63) is 59.8 Å². The van der Waals surface area contributed by atoms with Crippen LogP contribution >= 0.6 is 0 Å². The third kappa shape index (κ3) is 6.54. The van der Waals surface area contributed by atoms with Crippen molar-refractivity contribution >= 4 is 39.9 Å². The van der Waals surface area contributed by atoms with Crippen LogP contribution in [0.15, 0.2) is 42.7 Å². The minimum atomic E-state index is -0.593. The van der Waals surface area contributed by atoms with E-state index in [0.717, 1.165) is 11.1 Å². The number of carbonyl (C=O) groups is 2. The first-order chi connectivity index (χ1) is 20.8. The molecule has 4 heterocycles. The number of fused-ring (bicyclic) bond motifs is 2. The molecular weight excluding hydrogens is 567 g/mol. The minimum absolute atomic E-state index is 0.132. The Bertz CT molecular complexity index is 1690. The Labute approximate surface area is 255 Å². The summed E-state index contributed by atoms with van der Waals surface area (Å²) in [6, 6.07) is 8.22. The first kappa shape index (κ1) is 31.0. The monoisotopic (exact) mass is 606 g/mol. The molecule has 1 saturated heterocycles. The number of imidazole rings is 1. The Balaban J connectivity index is 1.48. The van der Waals surface area contributed by atoms with Crippen LogP contribution in [0.25, 0.3) is 16.6 Å². The number of rotatable bonds is 7. The lowest BCUT2D eigenvalue weighted by molar-refractivity contribution is 0.00566. The molecule has 0 bridgehead atoms. The van der Waals surface area contributed by atoms with Gasteiger partial charge in [0.05, 0.1) is 41.2 Å². The van der Waals surface area contributed by atoms with E-state index in [0.29, 0.717) is 49.0 Å². The molecule has 234 valence electrons. The molecule has 1 aromatic carbocycles. The highest BCUT2D eigenvalue weighted by Crippen LogP contribution is 2.33. The summed E-state index contributed by atoms with van der Waals surface area (Å²) >= 11 is 0. The first-order valence-corrected chi connectivity index (χ1v) is 14.6. The smallest absolute Gasteiger partial charge is 0.410 e. The lowest BCUT2D eigenvalue weighted by atomic mass is 10.0. The van der Waals surface area contributed by atoms with Crippen LogP contribution in [-0.2, 0) is 9.47 Å². The Morgan fingerprint density at radius 3 is 2.45 bits per heavy atom. The van der Waals surface area contributed by atoms with Crippen LogP contribution in [-0.4, -0.2) is 82.4 Å². The number of pyridine rings is 2. The molecule has 12 heteroatoms. The van der Waals surface area contributed by atoms with Gasteiger partial charge >= 0.3 is 6.09 Å². The second kappa shape index (κ2) is 12.3. The molecule has 0 aliphatic carbocycles. The quantitative estimate of drug-likeness (QED) is 0.277. The number of aryl methyl sites for hydroxylation is 1. The summed E-state index contributed by atoms with van der Waals surface area (Å²) in [6.07, 6.45) is 2.97. The molecule has 1 N–H and O–H groups in total. The number of amides is 2. The van der Waals surface area contributed by atoms with E-state index in [1.54, 1.807) is 47.9 Å². The molecule has 4 aromatic rings. The molecule has 1 aliphatic heterocycles. The maximum atomic E-state index is 14.7. The number of benzene rings is 1. The number of ether oxygens (including phenoxy) is 3. The zero-order valence-corrected chi connectivity index (χ0v) is 26.2. The van der Waals surface area contributed by atoms with Crippen molar-refractivity contribution < 1.29 is 28.2 Å². The van der Waals surface area contributed by atoms with Crippen molar-refractivity contribution in [1.82, 2.24) is 19.3 Å². The number of hydrogen-bond donors (Lipinski definition) is 1. The van der Waals surface area contributed by atoms with E-state index >= 15 is 0 Å². The van der Waals surface area contributed by atoms with E-state index in [-0.39, 0.29) is 29.5 Å². The zero-order valence-electron chi connectivity index (χ0n) is 26.2. The lowest BCUT2D eigenvalue weighted by Crippen LogP contribution is -2.59. The normalized spacial score (nSPS) is 17.3. The lowest BCUT2D eigenvalue weighted by Gasteiger charge is -2.45. The number of methoxy groups -OCH3 is 1. The standard InChI is InChI=1S/C32H39FN6O5/c1-19-15-38-18-22(14-25(33)29(38)34-19)35-30(40)24-8-10-26(23-9-11-27(36-28(23)24)43-13-12-42-7)37-16-20(2)39(21(3)17-37)31(41)44-32(4,5)6/h8-11,14-15,18,20-21H,12-13,16-17H2,1-7H3,(H,35,40). The molecule has 0 spiro atoms. The number of aromatic nitrogens is 3. The van der Waals surface area contributed by atoms with Gasteiger partial charge in [0, 0.05) is 55.8 Å². The summed E-state index contributed by atoms with van der Waals surface area (Å²) < 4.78 is 32.8. The summed E-state index contributed by atoms with van der Waals surface area (Å²) in [5, 5.41) is 3.56. The van der Waals surface area contributed by atoms with Crippen LogP contribution < -0.4 is 15.0 Å². The molecule has 3 aromatic heterocycles. The number of nitrogens with zero attached hydrogens (tertiary/aromatic N) is 5. The molecule has 1 fully saturated rings. The van der Waals surface area contributed by atoms with Gasteiger partial charge in [-0.3, -0.25) is 9.69 Å². The van der Waals surface area contributed by atoms with Crippen LogP contribution in [0, 0.1) is 12.7 Å². The van der Waals surface area contributed by atoms with E-state index in [1.807, 2.05) is 46.8 Å². The molecule has 5 rings (SSSR count). The van der Waals surface area contributed by atoms with Gasteiger partial charge < -0.3 is 28.8 Å². The van der Waals surface area contributed by atoms with E-state index < -0.39 is 17.3 Å². The van der Waals surface area contributed by atoms with Gasteiger partial charge in [-0.05, 0) is 59.7 Å². The molecule has 1 aliphatic rings. The van der Waals surface area contributed by atoms with E-state index in [2.05, 4.69) is 15.2 Å². The van der Waals surface area contributed by atoms with E-state index in [4.69, 9.17) is 19.2 Å². The van der Waals surface area contributed by atoms with Crippen LogP contribution in [0.4, 0.5) is 20.6 Å². The molecular formula is C32H39FN6O5. The third-order valence-electron chi connectivity index (χ3n) is 7.34. The maximum absolute atomic E-state index is 14.7. The molecule has 44 heavy (non-hydrogen) atoms. The van der Waals surface area contributed by atoms with Crippen LogP contribution in [0.1, 0.15) is 50.7 Å². The number of halogens is 1. The summed E-state index contributed by atoms with van der Waals surface area (Å²) in [4.78, 5) is 39.5. The highest BCUT2D eigenvalue weighted by molar-refractivity contribution is 6.14. The van der Waals surface area contributed by atoms with Gasteiger partial charge in [0.2, 0.25) is 5.88 Å². The van der Waals surface area contributed by atoms with Crippen molar-refractivity contribution in [1.29, 1.82) is 0 Å². The van der Waals surface area contributed by atoms with Crippen LogP contribution in [0.5, 0.6) is 5.88 Å². The van der Waals surface area contributed by atoms with Crippen molar-refractivity contribution in [2.24, 2.45) is 0 Å². The number of nitrogens with one attached hydrogen (secondary N) is 1. The van der Waals surface area contributed by atoms with E-state index in [1.165, 1.54) is 6.07 Å². The minimum Gasteiger partial charge on any atom is -0.475 e. The van der Waals surface area contributed by atoms with Gasteiger partial charge in [0.1, 0.15) is 12.2 Å². The summed E-state index contributed by atoms with van der Waals surface area (Å²) in [5.74, 6) is -0.648. The summed E-state index contributed by atoms with van der Waals surface area (Å²) in [7, 11) is 1.59. The molecule has 0 saturated carbocycles. The fraction of sp³-hybridized carbons (Fsp3) is 0.438. The largest absolute Gasteiger partial charge is 0.475 e. The van der Waals surface area contributed by atoms with Crippen LogP contribution in [0.2, 0.25) is 0 Å². The highest BCUT2D eigenvalue weighted by Gasteiger charge is 2.36. The highest BCUT2D eigenvalue weighted by atomic mass is 19.1. The van der Waals surface area contributed by atoms with Crippen LogP contribution in [0.3, 0.4) is 0 Å². The van der Waals surface area contributed by atoms with Gasteiger partial charge in [0.15, 0.2) is 11.5 Å². The summed E-state index contributed by atoms with van der Waals surface area (Å²) in [5.41, 5.74) is 2.14. The molecule has 11 nitrogen and oxygen atoms in total. The zero-order chi connectivity index (χ0) is 31.8. The number of hydrogen-bond acceptors (Lipinski definition) is 8. The Kier molecular flexibility index (Phi) is 8.64. The topological polar surface area (TPSA) is 111 Å². The Hall–Kier alpha value is -4.45. The number of piperazine rings is 1. The SMILES string of the molecule is COCCOc1ccc2c(N3CC(C)N(C(=O)OC(C)(C)C)C(C)C3)ccc(C(=O)Nc3cc(F)c4nc(C)cn4c3)c2n1. The van der Waals surface area contributed by atoms with Gasteiger partial charge in [0.25, 0.3) is 5.91 Å². The van der Waals surface area contributed by atoms with Gasteiger partial charge in [-0.2, -0.15) is 0 Å². The second-order valence-electron chi connectivity index (χ2n) is 12.2. The fourth-order valence-electron chi connectivity index (χ4n) is 5.59. The molecule has 2 atom stereocenters. The predicted octanol–water partition coefficient (Wildman–Crippen LogP) is 5.44. The van der Waals surface area contributed by atoms with Gasteiger partial charge in [-0.25, -0.2) is 19.2 Å². The van der Waals surface area contributed by atoms with Crippen molar-refractivity contribution in [2.45, 2.75) is 59.2 Å². The average Bonchev–Trinajstić information content (AvgIpc) is 3.31. The van der Waals surface area contributed by atoms with Gasteiger partial charge in [-0.15, -0.1) is 0 Å². The second-order valence-corrected chi connectivity index (χ2v) is 12.2. The van der Waals surface area contributed by atoms with Crippen molar-refractivity contribution in [2.75, 3.05) is 43.6 Å². The fourth-order valence-corrected chi connectivity index (χ4v) is 5.59. The Morgan fingerprint density at radius 1 is 1.05 bits per heavy atom. The molecule has 2 amide bonds. The first-order valence-electron chi connectivity index (χ1n) is 14.6. The third-order valence-corrected chi connectivity index (χ3v) is 7.34. The molecule has 0 radical (unpaired) electrons. The van der Waals surface area contributed by atoms with E-state index in [9.17, 15) is 14.0 Å². The van der Waals surface area contributed by atoms with Gasteiger partial charge in [-0.1, -0.05) is 0 Å². The molecule has 2 unspecified atom stereocenters. The van der Waals surface area contributed by atoms with Crippen molar-refractivity contribution in [3.8, 4) is 5.88 Å². The number of carbonyl (C=O) groups excluding carboxylic acids is 2. The Morgan fingerprint density at radius 2 is 1.77 bits per heavy atom.